The summed E-state index contributed by atoms with van der Waals surface area (Å²) in [4.78, 5) is 21.6. The van der Waals surface area contributed by atoms with E-state index in [9.17, 15) is 20.0 Å². The summed E-state index contributed by atoms with van der Waals surface area (Å²) < 4.78 is 5.14. The van der Waals surface area contributed by atoms with E-state index in [0.29, 0.717) is 11.1 Å². The summed E-state index contributed by atoms with van der Waals surface area (Å²) in [6.45, 7) is 0. The van der Waals surface area contributed by atoms with Gasteiger partial charge in [0.15, 0.2) is 0 Å². The standard InChI is InChI=1S/C14H10ClNO5/c1-21-13-11(6-9(15)7-12(13)14(17)18)8-3-2-4-10(5-8)16(19)20/h2-7H,1H3,(H,17,18). The topological polar surface area (TPSA) is 89.7 Å². The van der Waals surface area contributed by atoms with Gasteiger partial charge in [-0.05, 0) is 17.7 Å². The first-order chi connectivity index (χ1) is 9.93. The molecule has 1 N–H and O–H groups in total. The van der Waals surface area contributed by atoms with Crippen molar-refractivity contribution in [3.63, 3.8) is 0 Å². The average Bonchev–Trinajstić information content (AvgIpc) is 2.46. The number of carbonyl (C=O) groups is 1. The van der Waals surface area contributed by atoms with Gasteiger partial charge < -0.3 is 9.84 Å². The predicted octanol–water partition coefficient (Wildman–Crippen LogP) is 3.62. The van der Waals surface area contributed by atoms with Gasteiger partial charge in [0.2, 0.25) is 0 Å². The molecular formula is C14H10ClNO5. The maximum Gasteiger partial charge on any atom is 0.339 e. The molecule has 0 heterocycles. The summed E-state index contributed by atoms with van der Waals surface area (Å²) in [6.07, 6.45) is 0. The Balaban J connectivity index is 2.71. The third kappa shape index (κ3) is 2.95. The van der Waals surface area contributed by atoms with Gasteiger partial charge in [0.1, 0.15) is 11.3 Å². The van der Waals surface area contributed by atoms with Crippen LogP contribution in [0.3, 0.4) is 0 Å². The fourth-order valence-corrected chi connectivity index (χ4v) is 2.19. The van der Waals surface area contributed by atoms with E-state index in [4.69, 9.17) is 16.3 Å². The van der Waals surface area contributed by atoms with Crippen LogP contribution in [-0.2, 0) is 0 Å². The van der Waals surface area contributed by atoms with Crippen molar-refractivity contribution in [3.8, 4) is 16.9 Å². The largest absolute Gasteiger partial charge is 0.495 e. The van der Waals surface area contributed by atoms with Gasteiger partial charge in [-0.25, -0.2) is 4.79 Å². The van der Waals surface area contributed by atoms with Crippen molar-refractivity contribution in [1.82, 2.24) is 0 Å². The number of carboxylic acids is 1. The van der Waals surface area contributed by atoms with E-state index in [1.165, 1.54) is 37.4 Å². The van der Waals surface area contributed by atoms with Crippen LogP contribution in [0.2, 0.25) is 5.02 Å². The van der Waals surface area contributed by atoms with Crippen LogP contribution in [0, 0.1) is 10.1 Å². The van der Waals surface area contributed by atoms with Crippen LogP contribution in [0.25, 0.3) is 11.1 Å². The molecule has 0 spiro atoms. The van der Waals surface area contributed by atoms with E-state index in [0.717, 1.165) is 0 Å². The molecule has 6 nitrogen and oxygen atoms in total. The Morgan fingerprint density at radius 2 is 2.05 bits per heavy atom. The Labute approximate surface area is 124 Å². The van der Waals surface area contributed by atoms with Crippen molar-refractivity contribution in [2.45, 2.75) is 0 Å². The van der Waals surface area contributed by atoms with E-state index in [2.05, 4.69) is 0 Å². The van der Waals surface area contributed by atoms with Gasteiger partial charge in [-0.15, -0.1) is 0 Å². The SMILES string of the molecule is COc1c(C(=O)O)cc(Cl)cc1-c1cccc([N+](=O)[O-])c1. The zero-order chi connectivity index (χ0) is 15.6. The number of carboxylic acid groups (broad SMARTS) is 1. The molecule has 108 valence electrons. The van der Waals surface area contributed by atoms with Crippen LogP contribution in [0.4, 0.5) is 5.69 Å². The van der Waals surface area contributed by atoms with Gasteiger partial charge in [-0.2, -0.15) is 0 Å². The van der Waals surface area contributed by atoms with Crippen LogP contribution >= 0.6 is 11.6 Å². The first-order valence-corrected chi connectivity index (χ1v) is 6.17. The molecule has 0 bridgehead atoms. The molecule has 0 aliphatic heterocycles. The fourth-order valence-electron chi connectivity index (χ4n) is 1.97. The summed E-state index contributed by atoms with van der Waals surface area (Å²) >= 11 is 5.92. The average molecular weight is 308 g/mol. The first-order valence-electron chi connectivity index (χ1n) is 5.79. The van der Waals surface area contributed by atoms with Crippen LogP contribution in [-0.4, -0.2) is 23.1 Å². The number of nitrogens with zero attached hydrogens (tertiary/aromatic N) is 1. The molecular weight excluding hydrogens is 298 g/mol. The number of hydrogen-bond acceptors (Lipinski definition) is 4. The van der Waals surface area contributed by atoms with E-state index in [1.54, 1.807) is 6.07 Å². The number of aromatic carboxylic acids is 1. The summed E-state index contributed by atoms with van der Waals surface area (Å²) in [6, 6.07) is 8.58. The van der Waals surface area contributed by atoms with Gasteiger partial charge in [-0.1, -0.05) is 23.7 Å². The summed E-state index contributed by atoms with van der Waals surface area (Å²) in [5.41, 5.74) is 0.620. The molecule has 2 aromatic carbocycles. The number of ether oxygens (including phenoxy) is 1. The summed E-state index contributed by atoms with van der Waals surface area (Å²) in [7, 11) is 1.33. The molecule has 21 heavy (non-hydrogen) atoms. The van der Waals surface area contributed by atoms with Crippen molar-refractivity contribution in [3.05, 3.63) is 57.1 Å². The monoisotopic (exact) mass is 307 g/mol. The van der Waals surface area contributed by atoms with E-state index in [-0.39, 0.29) is 22.0 Å². The molecule has 0 saturated carbocycles. The molecule has 0 fully saturated rings. The second-order valence-corrected chi connectivity index (χ2v) is 4.58. The molecule has 0 aliphatic carbocycles. The number of nitro groups is 1. The minimum atomic E-state index is -1.19. The van der Waals surface area contributed by atoms with Crippen LogP contribution in [0.15, 0.2) is 36.4 Å². The molecule has 7 heteroatoms. The lowest BCUT2D eigenvalue weighted by atomic mass is 10.0. The number of hydrogen-bond donors (Lipinski definition) is 1. The van der Waals surface area contributed by atoms with Crippen molar-refractivity contribution in [2.24, 2.45) is 0 Å². The quantitative estimate of drug-likeness (QED) is 0.688. The second-order valence-electron chi connectivity index (χ2n) is 4.15. The van der Waals surface area contributed by atoms with Gasteiger partial charge in [0.25, 0.3) is 5.69 Å². The molecule has 0 aromatic heterocycles. The highest BCUT2D eigenvalue weighted by molar-refractivity contribution is 6.31. The van der Waals surface area contributed by atoms with Crippen LogP contribution in [0.1, 0.15) is 10.4 Å². The van der Waals surface area contributed by atoms with Crippen LogP contribution in [0.5, 0.6) is 5.75 Å². The van der Waals surface area contributed by atoms with Crippen LogP contribution < -0.4 is 4.74 Å². The zero-order valence-corrected chi connectivity index (χ0v) is 11.6. The normalized spacial score (nSPS) is 10.2. The molecule has 0 saturated heterocycles. The van der Waals surface area contributed by atoms with Gasteiger partial charge in [-0.3, -0.25) is 10.1 Å². The lowest BCUT2D eigenvalue weighted by Gasteiger charge is -2.12. The van der Waals surface area contributed by atoms with Crippen molar-refractivity contribution < 1.29 is 19.6 Å². The molecule has 0 amide bonds. The Hall–Kier alpha value is -2.60. The van der Waals surface area contributed by atoms with E-state index in [1.807, 2.05) is 0 Å². The minimum absolute atomic E-state index is 0.104. The number of non-ortho nitro benzene ring substituents is 1. The highest BCUT2D eigenvalue weighted by Crippen LogP contribution is 2.37. The highest BCUT2D eigenvalue weighted by Gasteiger charge is 2.19. The maximum atomic E-state index is 11.2. The lowest BCUT2D eigenvalue weighted by molar-refractivity contribution is -0.384. The third-order valence-corrected chi connectivity index (χ3v) is 3.07. The van der Waals surface area contributed by atoms with Gasteiger partial charge >= 0.3 is 5.97 Å². The number of methoxy groups -OCH3 is 1. The van der Waals surface area contributed by atoms with Crippen molar-refractivity contribution in [2.75, 3.05) is 7.11 Å². The lowest BCUT2D eigenvalue weighted by Crippen LogP contribution is -2.02. The highest BCUT2D eigenvalue weighted by atomic mass is 35.5. The Morgan fingerprint density at radius 3 is 2.62 bits per heavy atom. The minimum Gasteiger partial charge on any atom is -0.495 e. The molecule has 2 aromatic rings. The Morgan fingerprint density at radius 1 is 1.33 bits per heavy atom. The van der Waals surface area contributed by atoms with Gasteiger partial charge in [0, 0.05) is 22.7 Å². The number of benzene rings is 2. The fraction of sp³-hybridized carbons (Fsp3) is 0.0714. The second kappa shape index (κ2) is 5.80. The number of rotatable bonds is 4. The smallest absolute Gasteiger partial charge is 0.339 e. The summed E-state index contributed by atoms with van der Waals surface area (Å²) in [5.74, 6) is -1.09. The summed E-state index contributed by atoms with van der Waals surface area (Å²) in [5, 5.41) is 20.2. The molecule has 0 unspecified atom stereocenters. The third-order valence-electron chi connectivity index (χ3n) is 2.86. The van der Waals surface area contributed by atoms with Gasteiger partial charge in [0.05, 0.1) is 12.0 Å². The predicted molar refractivity (Wildman–Crippen MR) is 77.1 cm³/mol. The number of halogens is 1. The number of nitro benzene ring substituents is 1. The van der Waals surface area contributed by atoms with E-state index < -0.39 is 10.9 Å². The molecule has 0 atom stereocenters. The van der Waals surface area contributed by atoms with E-state index >= 15 is 0 Å². The maximum absolute atomic E-state index is 11.2. The van der Waals surface area contributed by atoms with Crippen molar-refractivity contribution in [1.29, 1.82) is 0 Å². The molecule has 0 radical (unpaired) electrons. The van der Waals surface area contributed by atoms with Crippen molar-refractivity contribution >= 4 is 23.3 Å². The zero-order valence-electron chi connectivity index (χ0n) is 10.9. The Kier molecular flexibility index (Phi) is 4.09. The Bertz CT molecular complexity index is 729. The molecule has 2 rings (SSSR count). The molecule has 0 aliphatic rings. The first kappa shape index (κ1) is 14.8.